The van der Waals surface area contributed by atoms with E-state index in [2.05, 4.69) is 11.4 Å². The number of ketones is 1. The number of fused-ring (bicyclic) bond motifs is 2. The fourth-order valence-electron chi connectivity index (χ4n) is 2.08. The number of Topliss-reactive ketones (excluding diaryl/α,β-unsaturated/α-hetero) is 1. The second-order valence-corrected chi connectivity index (χ2v) is 5.41. The molecule has 1 aliphatic heterocycles. The molecule has 0 radical (unpaired) electrons. The van der Waals surface area contributed by atoms with Crippen molar-refractivity contribution >= 4 is 28.9 Å². The molecular weight excluding hydrogens is 258 g/mol. The molecule has 1 aliphatic rings. The maximum absolute atomic E-state index is 11.4. The Hall–Kier alpha value is -1.94. The van der Waals surface area contributed by atoms with Crippen molar-refractivity contribution < 1.29 is 9.53 Å². The standard InChI is InChI=1S/C15H13NO2S/c1-9(17)10-6-7-13-11(8-10)16-15-12(18-2)4-3-5-14(15)19-13/h3-8,16H,1-2H3. The van der Waals surface area contributed by atoms with Crippen LogP contribution in [0.4, 0.5) is 11.4 Å². The molecule has 19 heavy (non-hydrogen) atoms. The summed E-state index contributed by atoms with van der Waals surface area (Å²) < 4.78 is 5.36. The minimum atomic E-state index is 0.0698. The number of para-hydroxylation sites is 1. The highest BCUT2D eigenvalue weighted by atomic mass is 32.2. The highest BCUT2D eigenvalue weighted by molar-refractivity contribution is 7.99. The third-order valence-electron chi connectivity index (χ3n) is 3.07. The van der Waals surface area contributed by atoms with E-state index in [0.717, 1.165) is 26.9 Å². The van der Waals surface area contributed by atoms with Crippen molar-refractivity contribution in [2.75, 3.05) is 12.4 Å². The first kappa shape index (κ1) is 12.1. The molecule has 96 valence electrons. The highest BCUT2D eigenvalue weighted by Gasteiger charge is 2.19. The number of carbonyl (C=O) groups is 1. The number of methoxy groups -OCH3 is 1. The quantitative estimate of drug-likeness (QED) is 0.712. The molecule has 3 nitrogen and oxygen atoms in total. The van der Waals surface area contributed by atoms with E-state index in [9.17, 15) is 4.79 Å². The van der Waals surface area contributed by atoms with Gasteiger partial charge in [0.25, 0.3) is 0 Å². The molecule has 2 aromatic rings. The Kier molecular flexibility index (Phi) is 2.95. The van der Waals surface area contributed by atoms with Gasteiger partial charge in [0.2, 0.25) is 0 Å². The van der Waals surface area contributed by atoms with Crippen molar-refractivity contribution in [3.8, 4) is 5.75 Å². The fourth-order valence-corrected chi connectivity index (χ4v) is 3.07. The molecule has 0 aliphatic carbocycles. The molecule has 1 N–H and O–H groups in total. The van der Waals surface area contributed by atoms with Crippen molar-refractivity contribution in [1.82, 2.24) is 0 Å². The van der Waals surface area contributed by atoms with Crippen LogP contribution in [-0.2, 0) is 0 Å². The van der Waals surface area contributed by atoms with E-state index in [0.29, 0.717) is 5.56 Å². The van der Waals surface area contributed by atoms with Crippen LogP contribution in [0.1, 0.15) is 17.3 Å². The Morgan fingerprint density at radius 1 is 1.21 bits per heavy atom. The van der Waals surface area contributed by atoms with Crippen LogP contribution >= 0.6 is 11.8 Å². The second-order valence-electron chi connectivity index (χ2n) is 4.33. The van der Waals surface area contributed by atoms with Gasteiger partial charge in [-0.25, -0.2) is 0 Å². The molecule has 3 rings (SSSR count). The summed E-state index contributed by atoms with van der Waals surface area (Å²) in [6.45, 7) is 1.58. The van der Waals surface area contributed by atoms with Gasteiger partial charge in [0.05, 0.1) is 18.5 Å². The smallest absolute Gasteiger partial charge is 0.159 e. The summed E-state index contributed by atoms with van der Waals surface area (Å²) in [6, 6.07) is 11.7. The average Bonchev–Trinajstić information content (AvgIpc) is 2.43. The molecule has 0 unspecified atom stereocenters. The van der Waals surface area contributed by atoms with Crippen LogP contribution < -0.4 is 10.1 Å². The zero-order valence-corrected chi connectivity index (χ0v) is 11.5. The van der Waals surface area contributed by atoms with Crippen molar-refractivity contribution in [2.45, 2.75) is 16.7 Å². The molecule has 4 heteroatoms. The van der Waals surface area contributed by atoms with E-state index in [1.54, 1.807) is 25.8 Å². The first-order valence-corrected chi connectivity index (χ1v) is 6.77. The predicted octanol–water partition coefficient (Wildman–Crippen LogP) is 4.11. The van der Waals surface area contributed by atoms with E-state index in [4.69, 9.17) is 4.74 Å². The van der Waals surface area contributed by atoms with Crippen molar-refractivity contribution in [3.05, 3.63) is 42.0 Å². The molecule has 0 atom stereocenters. The Balaban J connectivity index is 2.07. The number of anilines is 2. The van der Waals surface area contributed by atoms with Crippen molar-refractivity contribution in [3.63, 3.8) is 0 Å². The lowest BCUT2D eigenvalue weighted by Gasteiger charge is -2.22. The number of nitrogens with one attached hydrogen (secondary N) is 1. The fraction of sp³-hybridized carbons (Fsp3) is 0.133. The van der Waals surface area contributed by atoms with Crippen LogP contribution in [0.5, 0.6) is 5.75 Å². The third kappa shape index (κ3) is 2.08. The van der Waals surface area contributed by atoms with E-state index in [1.165, 1.54) is 0 Å². The van der Waals surface area contributed by atoms with Crippen molar-refractivity contribution in [2.24, 2.45) is 0 Å². The first-order chi connectivity index (χ1) is 9.19. The maximum atomic E-state index is 11.4. The monoisotopic (exact) mass is 271 g/mol. The molecule has 0 bridgehead atoms. The number of benzene rings is 2. The lowest BCUT2D eigenvalue weighted by atomic mass is 10.1. The summed E-state index contributed by atoms with van der Waals surface area (Å²) >= 11 is 1.68. The number of rotatable bonds is 2. The summed E-state index contributed by atoms with van der Waals surface area (Å²) in [6.07, 6.45) is 0. The molecule has 0 saturated carbocycles. The number of carbonyl (C=O) groups excluding carboxylic acids is 1. The molecule has 0 fully saturated rings. The predicted molar refractivity (Wildman–Crippen MR) is 76.8 cm³/mol. The van der Waals surface area contributed by atoms with Gasteiger partial charge in [-0.05, 0) is 31.2 Å². The summed E-state index contributed by atoms with van der Waals surface area (Å²) in [5.74, 6) is 0.879. The Labute approximate surface area is 116 Å². The SMILES string of the molecule is COc1cccc2c1Nc1cc(C(C)=O)ccc1S2. The molecular formula is C15H13NO2S. The van der Waals surface area contributed by atoms with Gasteiger partial charge >= 0.3 is 0 Å². The molecule has 1 heterocycles. The normalized spacial score (nSPS) is 12.1. The van der Waals surface area contributed by atoms with E-state index in [-0.39, 0.29) is 5.78 Å². The second kappa shape index (κ2) is 4.63. The molecule has 0 amide bonds. The summed E-state index contributed by atoms with van der Waals surface area (Å²) in [5.41, 5.74) is 2.63. The Morgan fingerprint density at radius 2 is 2.05 bits per heavy atom. The molecule has 0 spiro atoms. The minimum Gasteiger partial charge on any atom is -0.495 e. The largest absolute Gasteiger partial charge is 0.495 e. The van der Waals surface area contributed by atoms with Crippen molar-refractivity contribution in [1.29, 1.82) is 0 Å². The summed E-state index contributed by atoms with van der Waals surface area (Å²) in [5, 5.41) is 3.36. The first-order valence-electron chi connectivity index (χ1n) is 5.96. The zero-order chi connectivity index (χ0) is 13.4. The van der Waals surface area contributed by atoms with Gasteiger partial charge in [0.1, 0.15) is 5.75 Å². The zero-order valence-electron chi connectivity index (χ0n) is 10.7. The lowest BCUT2D eigenvalue weighted by molar-refractivity contribution is 0.101. The molecule has 0 saturated heterocycles. The average molecular weight is 271 g/mol. The van der Waals surface area contributed by atoms with Gasteiger partial charge in [-0.3, -0.25) is 4.79 Å². The van der Waals surface area contributed by atoms with Crippen LogP contribution in [0.25, 0.3) is 0 Å². The van der Waals surface area contributed by atoms with Crippen LogP contribution in [0.2, 0.25) is 0 Å². The Morgan fingerprint density at radius 3 is 2.79 bits per heavy atom. The van der Waals surface area contributed by atoms with Gasteiger partial charge in [-0.2, -0.15) is 0 Å². The topological polar surface area (TPSA) is 38.3 Å². The van der Waals surface area contributed by atoms with Gasteiger partial charge in [0, 0.05) is 15.4 Å². The van der Waals surface area contributed by atoms with Gasteiger partial charge in [-0.1, -0.05) is 23.9 Å². The van der Waals surface area contributed by atoms with E-state index < -0.39 is 0 Å². The summed E-state index contributed by atoms with van der Waals surface area (Å²) in [7, 11) is 1.66. The summed E-state index contributed by atoms with van der Waals surface area (Å²) in [4.78, 5) is 13.7. The highest BCUT2D eigenvalue weighted by Crippen LogP contribution is 2.47. The third-order valence-corrected chi connectivity index (χ3v) is 4.21. The van der Waals surface area contributed by atoms with Crippen LogP contribution in [0.15, 0.2) is 46.2 Å². The van der Waals surface area contributed by atoms with Crippen LogP contribution in [-0.4, -0.2) is 12.9 Å². The van der Waals surface area contributed by atoms with Gasteiger partial charge in [0.15, 0.2) is 5.78 Å². The number of hydrogen-bond donors (Lipinski definition) is 1. The number of hydrogen-bond acceptors (Lipinski definition) is 4. The molecule has 0 aromatic heterocycles. The minimum absolute atomic E-state index is 0.0698. The maximum Gasteiger partial charge on any atom is 0.159 e. The van der Waals surface area contributed by atoms with E-state index in [1.807, 2.05) is 30.3 Å². The van der Waals surface area contributed by atoms with E-state index >= 15 is 0 Å². The van der Waals surface area contributed by atoms with Gasteiger partial charge in [-0.15, -0.1) is 0 Å². The number of ether oxygens (including phenoxy) is 1. The van der Waals surface area contributed by atoms with Gasteiger partial charge < -0.3 is 10.1 Å². The van der Waals surface area contributed by atoms with Crippen LogP contribution in [0.3, 0.4) is 0 Å². The molecule has 2 aromatic carbocycles. The lowest BCUT2D eigenvalue weighted by Crippen LogP contribution is -2.03. The van der Waals surface area contributed by atoms with Crippen LogP contribution in [0, 0.1) is 0 Å². The Bertz CT molecular complexity index is 667.